The number of amides is 1. The Kier molecular flexibility index (Phi) is 2.44. The van der Waals surface area contributed by atoms with Gasteiger partial charge in [0.25, 0.3) is 0 Å². The smallest absolute Gasteiger partial charge is 0.221 e. The van der Waals surface area contributed by atoms with Gasteiger partial charge in [-0.25, -0.2) is 0 Å². The molecule has 2 aromatic rings. The average Bonchev–Trinajstić information content (AvgIpc) is 3.18. The molecule has 1 fully saturated rings. The number of carbonyl (C=O) groups excluding carboxylic acids is 1. The van der Waals surface area contributed by atoms with Crippen LogP contribution in [0.2, 0.25) is 0 Å². The van der Waals surface area contributed by atoms with E-state index in [9.17, 15) is 4.79 Å². The zero-order valence-corrected chi connectivity index (χ0v) is 10.0. The molecule has 3 rings (SSSR count). The van der Waals surface area contributed by atoms with Gasteiger partial charge in [0, 0.05) is 5.41 Å². The number of carbonyl (C=O) groups is 1. The highest BCUT2D eigenvalue weighted by Crippen LogP contribution is 2.58. The third-order valence-corrected chi connectivity index (χ3v) is 3.88. The minimum absolute atomic E-state index is 0.0812. The topological polar surface area (TPSA) is 43.1 Å². The highest BCUT2D eigenvalue weighted by molar-refractivity contribution is 5.84. The van der Waals surface area contributed by atoms with Crippen LogP contribution in [0.5, 0.6) is 0 Å². The first-order valence-electron chi connectivity index (χ1n) is 6.15. The number of hydrogen-bond acceptors (Lipinski definition) is 1. The van der Waals surface area contributed by atoms with Gasteiger partial charge >= 0.3 is 0 Å². The minimum atomic E-state index is -0.206. The van der Waals surface area contributed by atoms with Crippen molar-refractivity contribution < 1.29 is 4.79 Å². The Morgan fingerprint density at radius 3 is 1.72 bits per heavy atom. The third kappa shape index (κ3) is 1.53. The van der Waals surface area contributed by atoms with Crippen LogP contribution in [-0.2, 0) is 10.2 Å². The van der Waals surface area contributed by atoms with Gasteiger partial charge in [-0.2, -0.15) is 0 Å². The molecule has 2 N–H and O–H groups in total. The van der Waals surface area contributed by atoms with Crippen LogP contribution in [0, 0.1) is 5.92 Å². The van der Waals surface area contributed by atoms with Crippen LogP contribution in [-0.4, -0.2) is 5.91 Å². The second kappa shape index (κ2) is 3.98. The van der Waals surface area contributed by atoms with Crippen molar-refractivity contribution in [1.29, 1.82) is 0 Å². The number of nitrogens with two attached hydrogens (primary N) is 1. The summed E-state index contributed by atoms with van der Waals surface area (Å²) in [5, 5.41) is 0. The molecule has 0 spiro atoms. The molecule has 18 heavy (non-hydrogen) atoms. The zero-order valence-electron chi connectivity index (χ0n) is 10.0. The van der Waals surface area contributed by atoms with E-state index in [1.54, 1.807) is 0 Å². The van der Waals surface area contributed by atoms with Crippen molar-refractivity contribution in [2.75, 3.05) is 0 Å². The lowest BCUT2D eigenvalue weighted by Crippen LogP contribution is -2.22. The largest absolute Gasteiger partial charge is 0.369 e. The minimum Gasteiger partial charge on any atom is -0.369 e. The molecule has 90 valence electrons. The van der Waals surface area contributed by atoms with Gasteiger partial charge in [-0.3, -0.25) is 4.79 Å². The van der Waals surface area contributed by atoms with E-state index in [0.717, 1.165) is 6.42 Å². The van der Waals surface area contributed by atoms with Crippen molar-refractivity contribution in [3.8, 4) is 0 Å². The third-order valence-electron chi connectivity index (χ3n) is 3.88. The van der Waals surface area contributed by atoms with Crippen molar-refractivity contribution in [2.24, 2.45) is 11.7 Å². The van der Waals surface area contributed by atoms with Crippen LogP contribution in [0.15, 0.2) is 60.7 Å². The molecule has 0 aromatic heterocycles. The fraction of sp³-hybridized carbons (Fsp3) is 0.188. The summed E-state index contributed by atoms with van der Waals surface area (Å²) < 4.78 is 0. The van der Waals surface area contributed by atoms with Crippen LogP contribution in [0.3, 0.4) is 0 Å². The van der Waals surface area contributed by atoms with Gasteiger partial charge in [0.1, 0.15) is 0 Å². The van der Waals surface area contributed by atoms with Crippen LogP contribution < -0.4 is 5.73 Å². The molecule has 2 heteroatoms. The van der Waals surface area contributed by atoms with Gasteiger partial charge in [-0.15, -0.1) is 0 Å². The van der Waals surface area contributed by atoms with Gasteiger partial charge in [0.15, 0.2) is 0 Å². The monoisotopic (exact) mass is 237 g/mol. The normalized spacial score (nSPS) is 20.3. The zero-order chi connectivity index (χ0) is 12.6. The first-order valence-corrected chi connectivity index (χ1v) is 6.15. The van der Waals surface area contributed by atoms with Gasteiger partial charge in [0.2, 0.25) is 5.91 Å². The summed E-state index contributed by atoms with van der Waals surface area (Å²) >= 11 is 0. The SMILES string of the molecule is NC(=O)[C@H]1CC1(c1ccccc1)c1ccccc1. The lowest BCUT2D eigenvalue weighted by atomic mass is 9.85. The Morgan fingerprint density at radius 1 is 0.944 bits per heavy atom. The van der Waals surface area contributed by atoms with Crippen molar-refractivity contribution >= 4 is 5.91 Å². The Balaban J connectivity index is 2.11. The van der Waals surface area contributed by atoms with Crippen molar-refractivity contribution in [2.45, 2.75) is 11.8 Å². The van der Waals surface area contributed by atoms with Gasteiger partial charge in [-0.05, 0) is 17.5 Å². The highest BCUT2D eigenvalue weighted by atomic mass is 16.1. The summed E-state index contributed by atoms with van der Waals surface area (Å²) in [6.07, 6.45) is 0.816. The predicted molar refractivity (Wildman–Crippen MR) is 71.0 cm³/mol. The summed E-state index contributed by atoms with van der Waals surface area (Å²) in [7, 11) is 0. The van der Waals surface area contributed by atoms with E-state index >= 15 is 0 Å². The van der Waals surface area contributed by atoms with E-state index in [4.69, 9.17) is 5.73 Å². The van der Waals surface area contributed by atoms with Crippen LogP contribution in [0.1, 0.15) is 17.5 Å². The van der Waals surface area contributed by atoms with Crippen LogP contribution >= 0.6 is 0 Å². The van der Waals surface area contributed by atoms with Crippen molar-refractivity contribution in [3.63, 3.8) is 0 Å². The van der Waals surface area contributed by atoms with E-state index in [0.29, 0.717) is 0 Å². The first-order chi connectivity index (χ1) is 8.75. The standard InChI is InChI=1S/C16H15NO/c17-15(18)14-11-16(14,12-7-3-1-4-8-12)13-9-5-2-6-10-13/h1-10,14H,11H2,(H2,17,18)/t14-/m1/s1. The molecule has 0 unspecified atom stereocenters. The Bertz CT molecular complexity index is 523. The molecule has 2 aromatic carbocycles. The molecular weight excluding hydrogens is 222 g/mol. The summed E-state index contributed by atoms with van der Waals surface area (Å²) in [6.45, 7) is 0. The van der Waals surface area contributed by atoms with Crippen LogP contribution in [0.25, 0.3) is 0 Å². The van der Waals surface area contributed by atoms with E-state index in [2.05, 4.69) is 24.3 Å². The number of benzene rings is 2. The Labute approximate surface area is 106 Å². The summed E-state index contributed by atoms with van der Waals surface area (Å²) in [5.41, 5.74) is 7.67. The molecule has 1 saturated carbocycles. The summed E-state index contributed by atoms with van der Waals surface area (Å²) in [6, 6.07) is 20.3. The summed E-state index contributed by atoms with van der Waals surface area (Å²) in [4.78, 5) is 11.5. The highest BCUT2D eigenvalue weighted by Gasteiger charge is 2.59. The molecule has 0 saturated heterocycles. The van der Waals surface area contributed by atoms with Gasteiger partial charge in [0.05, 0.1) is 5.92 Å². The van der Waals surface area contributed by atoms with Gasteiger partial charge < -0.3 is 5.73 Å². The molecule has 1 aliphatic rings. The lowest BCUT2D eigenvalue weighted by Gasteiger charge is -2.18. The lowest BCUT2D eigenvalue weighted by molar-refractivity contribution is -0.119. The average molecular weight is 237 g/mol. The maximum Gasteiger partial charge on any atom is 0.221 e. The van der Waals surface area contributed by atoms with Gasteiger partial charge in [-0.1, -0.05) is 60.7 Å². The fourth-order valence-corrected chi connectivity index (χ4v) is 2.88. The molecule has 0 radical (unpaired) electrons. The number of hydrogen-bond donors (Lipinski definition) is 1. The number of rotatable bonds is 3. The molecule has 1 aliphatic carbocycles. The van der Waals surface area contributed by atoms with Crippen molar-refractivity contribution in [3.05, 3.63) is 71.8 Å². The predicted octanol–water partition coefficient (Wildman–Crippen LogP) is 2.48. The van der Waals surface area contributed by atoms with E-state index in [-0.39, 0.29) is 17.2 Å². The molecule has 2 nitrogen and oxygen atoms in total. The van der Waals surface area contributed by atoms with Crippen LogP contribution in [0.4, 0.5) is 0 Å². The Hall–Kier alpha value is -2.09. The second-order valence-electron chi connectivity index (χ2n) is 4.86. The van der Waals surface area contributed by atoms with E-state index < -0.39 is 0 Å². The quantitative estimate of drug-likeness (QED) is 0.875. The molecule has 0 heterocycles. The second-order valence-corrected chi connectivity index (χ2v) is 4.86. The Morgan fingerprint density at radius 2 is 1.39 bits per heavy atom. The van der Waals surface area contributed by atoms with E-state index in [1.165, 1.54) is 11.1 Å². The molecular formula is C16H15NO. The molecule has 0 aliphatic heterocycles. The fourth-order valence-electron chi connectivity index (χ4n) is 2.88. The maximum atomic E-state index is 11.5. The molecule has 1 atom stereocenters. The first kappa shape index (κ1) is 11.0. The molecule has 0 bridgehead atoms. The van der Waals surface area contributed by atoms with Crippen molar-refractivity contribution in [1.82, 2.24) is 0 Å². The van der Waals surface area contributed by atoms with E-state index in [1.807, 2.05) is 36.4 Å². The molecule has 1 amide bonds. The maximum absolute atomic E-state index is 11.5. The summed E-state index contributed by atoms with van der Waals surface area (Å²) in [5.74, 6) is -0.287. The number of primary amides is 1.